The molecule has 3 rings (SSSR count). The molecule has 6 heteroatoms. The van der Waals surface area contributed by atoms with Gasteiger partial charge in [-0.25, -0.2) is 9.80 Å². The van der Waals surface area contributed by atoms with Crippen molar-refractivity contribution >= 4 is 17.6 Å². The molecule has 0 radical (unpaired) electrons. The van der Waals surface area contributed by atoms with E-state index in [4.69, 9.17) is 11.1 Å². The Labute approximate surface area is 137 Å². The van der Waals surface area contributed by atoms with Crippen molar-refractivity contribution in [1.82, 2.24) is 10.0 Å². The van der Waals surface area contributed by atoms with Gasteiger partial charge in [0.15, 0.2) is 0 Å². The molecule has 2 heterocycles. The van der Waals surface area contributed by atoms with Crippen LogP contribution in [0.25, 0.3) is 0 Å². The Morgan fingerprint density at radius 3 is 2.65 bits per heavy atom. The molecule has 1 aromatic rings. The molecule has 0 aromatic heterocycles. The van der Waals surface area contributed by atoms with E-state index in [1.54, 1.807) is 6.07 Å². The molecular formula is C17H25N5O. The van der Waals surface area contributed by atoms with Crippen LogP contribution in [0.2, 0.25) is 0 Å². The molecule has 2 aliphatic heterocycles. The largest absolute Gasteiger partial charge is 0.384 e. The molecule has 0 saturated carbocycles. The summed E-state index contributed by atoms with van der Waals surface area (Å²) >= 11 is 0. The maximum Gasteiger partial charge on any atom is 0.339 e. The molecule has 1 aromatic carbocycles. The summed E-state index contributed by atoms with van der Waals surface area (Å²) in [5, 5.41) is 11.7. The number of nitrogens with one attached hydrogen (secondary N) is 1. The first-order chi connectivity index (χ1) is 11.1. The predicted octanol–water partition coefficient (Wildman–Crippen LogP) is 2.25. The van der Waals surface area contributed by atoms with Gasteiger partial charge in [0.1, 0.15) is 5.84 Å². The second kappa shape index (κ2) is 6.58. The summed E-state index contributed by atoms with van der Waals surface area (Å²) in [4.78, 5) is 14.8. The monoisotopic (exact) mass is 315 g/mol. The van der Waals surface area contributed by atoms with Crippen LogP contribution in [0.4, 0.5) is 10.5 Å². The van der Waals surface area contributed by atoms with E-state index in [1.807, 2.05) is 28.1 Å². The lowest BCUT2D eigenvalue weighted by Gasteiger charge is -2.45. The Kier molecular flexibility index (Phi) is 4.52. The van der Waals surface area contributed by atoms with Gasteiger partial charge >= 0.3 is 6.03 Å². The minimum absolute atomic E-state index is 0.0252. The van der Waals surface area contributed by atoms with Crippen molar-refractivity contribution in [3.8, 4) is 0 Å². The van der Waals surface area contributed by atoms with Crippen molar-refractivity contribution in [3.63, 3.8) is 0 Å². The summed E-state index contributed by atoms with van der Waals surface area (Å²) in [6.07, 6.45) is 3.55. The molecule has 0 bridgehead atoms. The van der Waals surface area contributed by atoms with Crippen LogP contribution in [0.3, 0.4) is 0 Å². The molecule has 1 unspecified atom stereocenters. The molecule has 0 spiro atoms. The topological polar surface area (TPSA) is 76.7 Å². The van der Waals surface area contributed by atoms with Gasteiger partial charge in [0.2, 0.25) is 0 Å². The molecular weight excluding hydrogens is 290 g/mol. The number of amides is 2. The van der Waals surface area contributed by atoms with Crippen LogP contribution in [0.5, 0.6) is 0 Å². The Balaban J connectivity index is 1.84. The number of amidine groups is 1. The minimum atomic E-state index is 0.0252. The molecule has 2 amide bonds. The molecule has 2 saturated heterocycles. The molecule has 23 heavy (non-hydrogen) atoms. The van der Waals surface area contributed by atoms with Crippen LogP contribution < -0.4 is 10.6 Å². The van der Waals surface area contributed by atoms with Gasteiger partial charge in [-0.05, 0) is 30.9 Å². The maximum atomic E-state index is 13.0. The minimum Gasteiger partial charge on any atom is -0.384 e. The number of urea groups is 1. The second-order valence-corrected chi connectivity index (χ2v) is 6.56. The Bertz CT molecular complexity index is 596. The Hall–Kier alpha value is -2.08. The van der Waals surface area contributed by atoms with Crippen molar-refractivity contribution in [3.05, 3.63) is 29.8 Å². The smallest absolute Gasteiger partial charge is 0.339 e. The fourth-order valence-electron chi connectivity index (χ4n) is 3.37. The van der Waals surface area contributed by atoms with Gasteiger partial charge in [0.05, 0.1) is 0 Å². The first-order valence-corrected chi connectivity index (χ1v) is 8.34. The number of carbonyl (C=O) groups is 1. The number of hydrogen-bond acceptors (Lipinski definition) is 3. The number of nitrogen functional groups attached to an aromatic ring is 1. The van der Waals surface area contributed by atoms with Crippen molar-refractivity contribution in [2.45, 2.75) is 26.2 Å². The lowest BCUT2D eigenvalue weighted by Crippen LogP contribution is -2.60. The van der Waals surface area contributed by atoms with Gasteiger partial charge in [-0.2, -0.15) is 0 Å². The molecule has 2 fully saturated rings. The van der Waals surface area contributed by atoms with Crippen molar-refractivity contribution in [2.24, 2.45) is 11.7 Å². The molecule has 3 N–H and O–H groups in total. The fraction of sp³-hybridized carbons (Fsp3) is 0.529. The number of rotatable bonds is 3. The highest BCUT2D eigenvalue weighted by molar-refractivity contribution is 5.98. The van der Waals surface area contributed by atoms with E-state index in [2.05, 4.69) is 11.9 Å². The zero-order valence-corrected chi connectivity index (χ0v) is 13.7. The van der Waals surface area contributed by atoms with Gasteiger partial charge in [0, 0.05) is 37.4 Å². The van der Waals surface area contributed by atoms with Gasteiger partial charge in [-0.1, -0.05) is 25.5 Å². The summed E-state index contributed by atoms with van der Waals surface area (Å²) < 4.78 is 0. The molecule has 1 atom stereocenters. The Morgan fingerprint density at radius 2 is 1.96 bits per heavy atom. The highest BCUT2D eigenvalue weighted by Crippen LogP contribution is 2.25. The van der Waals surface area contributed by atoms with E-state index < -0.39 is 0 Å². The van der Waals surface area contributed by atoms with Crippen LogP contribution in [0.1, 0.15) is 31.7 Å². The average molecular weight is 315 g/mol. The predicted molar refractivity (Wildman–Crippen MR) is 91.5 cm³/mol. The van der Waals surface area contributed by atoms with Crippen LogP contribution in [-0.4, -0.2) is 48.1 Å². The highest BCUT2D eigenvalue weighted by Gasteiger charge is 2.34. The number of hydrogen-bond donors (Lipinski definition) is 2. The third-order valence-corrected chi connectivity index (χ3v) is 4.57. The Morgan fingerprint density at radius 1 is 1.22 bits per heavy atom. The van der Waals surface area contributed by atoms with E-state index in [1.165, 1.54) is 6.42 Å². The van der Waals surface area contributed by atoms with Crippen molar-refractivity contribution in [1.29, 1.82) is 5.41 Å². The fourth-order valence-corrected chi connectivity index (χ4v) is 3.37. The van der Waals surface area contributed by atoms with Gasteiger partial charge in [-0.15, -0.1) is 0 Å². The summed E-state index contributed by atoms with van der Waals surface area (Å²) in [5.41, 5.74) is 7.05. The van der Waals surface area contributed by atoms with Crippen molar-refractivity contribution < 1.29 is 4.79 Å². The van der Waals surface area contributed by atoms with Gasteiger partial charge < -0.3 is 5.73 Å². The van der Waals surface area contributed by atoms with E-state index in [0.717, 1.165) is 38.2 Å². The standard InChI is InChI=1S/C17H25N5O/c1-13-11-21(15-7-5-6-14(10-15)16(18)19)17(23)22(12-13)20-8-3-2-4-9-20/h5-7,10,13H,2-4,8-9,11-12H2,1H3,(H3,18,19). The van der Waals surface area contributed by atoms with Crippen LogP contribution in [0, 0.1) is 11.3 Å². The van der Waals surface area contributed by atoms with Crippen LogP contribution in [0.15, 0.2) is 24.3 Å². The number of anilines is 1. The zero-order valence-electron chi connectivity index (χ0n) is 13.7. The van der Waals surface area contributed by atoms with Crippen LogP contribution in [-0.2, 0) is 0 Å². The number of nitrogens with zero attached hydrogens (tertiary/aromatic N) is 3. The summed E-state index contributed by atoms with van der Waals surface area (Å²) in [6, 6.07) is 7.42. The zero-order chi connectivity index (χ0) is 16.4. The average Bonchev–Trinajstić information content (AvgIpc) is 2.57. The van der Waals surface area contributed by atoms with E-state index in [-0.39, 0.29) is 11.9 Å². The van der Waals surface area contributed by atoms with Gasteiger partial charge in [0.25, 0.3) is 0 Å². The molecule has 124 valence electrons. The SMILES string of the molecule is CC1CN(c2cccc(C(=N)N)c2)C(=O)N(N2CCCCC2)C1. The molecule has 0 aliphatic carbocycles. The lowest BCUT2D eigenvalue weighted by atomic mass is 10.1. The van der Waals surface area contributed by atoms with E-state index in [9.17, 15) is 4.79 Å². The number of nitrogens with two attached hydrogens (primary N) is 1. The third-order valence-electron chi connectivity index (χ3n) is 4.57. The van der Waals surface area contributed by atoms with Crippen LogP contribution >= 0.6 is 0 Å². The third kappa shape index (κ3) is 3.32. The summed E-state index contributed by atoms with van der Waals surface area (Å²) in [6.45, 7) is 5.57. The van der Waals surface area contributed by atoms with Crippen molar-refractivity contribution in [2.75, 3.05) is 31.1 Å². The van der Waals surface area contributed by atoms with E-state index >= 15 is 0 Å². The number of benzene rings is 1. The number of hydrazine groups is 1. The highest BCUT2D eigenvalue weighted by atomic mass is 16.2. The summed E-state index contributed by atoms with van der Waals surface area (Å²) in [5.74, 6) is 0.424. The molecule has 6 nitrogen and oxygen atoms in total. The second-order valence-electron chi connectivity index (χ2n) is 6.56. The quantitative estimate of drug-likeness (QED) is 0.663. The first-order valence-electron chi connectivity index (χ1n) is 8.34. The lowest BCUT2D eigenvalue weighted by molar-refractivity contribution is -0.0153. The normalized spacial score (nSPS) is 23.2. The molecule has 2 aliphatic rings. The maximum absolute atomic E-state index is 13.0. The number of piperidine rings is 1. The number of carbonyl (C=O) groups excluding carboxylic acids is 1. The van der Waals surface area contributed by atoms with Gasteiger partial charge in [-0.3, -0.25) is 15.3 Å². The van der Waals surface area contributed by atoms with E-state index in [0.29, 0.717) is 18.0 Å². The first kappa shape index (κ1) is 15.8. The summed E-state index contributed by atoms with van der Waals surface area (Å²) in [7, 11) is 0.